The van der Waals surface area contributed by atoms with E-state index in [1.807, 2.05) is 47.9 Å². The Hall–Kier alpha value is -1.49. The summed E-state index contributed by atoms with van der Waals surface area (Å²) >= 11 is 1.88. The van der Waals surface area contributed by atoms with Gasteiger partial charge in [-0.15, -0.1) is 11.8 Å². The number of amides is 2. The third-order valence-electron chi connectivity index (χ3n) is 4.79. The Kier molecular flexibility index (Phi) is 4.17. The van der Waals surface area contributed by atoms with Crippen LogP contribution in [0.15, 0.2) is 24.3 Å². The highest BCUT2D eigenvalue weighted by Gasteiger charge is 2.46. The lowest BCUT2D eigenvalue weighted by molar-refractivity contribution is -0.130. The topological polar surface area (TPSA) is 40.6 Å². The molecule has 0 aliphatic carbocycles. The molecule has 1 spiro atoms. The zero-order chi connectivity index (χ0) is 15.7. The second-order valence-electron chi connectivity index (χ2n) is 6.07. The fourth-order valence-corrected chi connectivity index (χ4v) is 4.89. The standard InChI is InChI=1S/C17H22N2O2S/c1-13-5-3-4-6-15(13)16(21)19-11-12-22-17(19)7-9-18(10-8-17)14(2)20/h3-6H,7-12H2,1-2H3. The van der Waals surface area contributed by atoms with Gasteiger partial charge in [0, 0.05) is 37.9 Å². The molecule has 2 aliphatic rings. The smallest absolute Gasteiger partial charge is 0.255 e. The van der Waals surface area contributed by atoms with Crippen molar-refractivity contribution in [3.05, 3.63) is 35.4 Å². The second kappa shape index (κ2) is 5.95. The van der Waals surface area contributed by atoms with Crippen LogP contribution in [-0.4, -0.2) is 51.9 Å². The number of rotatable bonds is 1. The molecule has 2 saturated heterocycles. The van der Waals surface area contributed by atoms with Gasteiger partial charge < -0.3 is 9.80 Å². The summed E-state index contributed by atoms with van der Waals surface area (Å²) in [7, 11) is 0. The predicted octanol–water partition coefficient (Wildman–Crippen LogP) is 2.52. The van der Waals surface area contributed by atoms with Crippen LogP contribution in [0, 0.1) is 6.92 Å². The van der Waals surface area contributed by atoms with Gasteiger partial charge in [0.15, 0.2) is 0 Å². The molecule has 1 aromatic rings. The summed E-state index contributed by atoms with van der Waals surface area (Å²) in [4.78, 5) is 28.3. The number of carbonyl (C=O) groups is 2. The normalized spacial score (nSPS) is 20.5. The van der Waals surface area contributed by atoms with Crippen LogP contribution in [-0.2, 0) is 4.79 Å². The minimum atomic E-state index is -0.120. The van der Waals surface area contributed by atoms with Gasteiger partial charge in [-0.25, -0.2) is 0 Å². The number of hydrogen-bond donors (Lipinski definition) is 0. The monoisotopic (exact) mass is 318 g/mol. The molecular weight excluding hydrogens is 296 g/mol. The van der Waals surface area contributed by atoms with E-state index >= 15 is 0 Å². The highest BCUT2D eigenvalue weighted by atomic mass is 32.2. The van der Waals surface area contributed by atoms with Crippen LogP contribution >= 0.6 is 11.8 Å². The van der Waals surface area contributed by atoms with Crippen molar-refractivity contribution in [3.8, 4) is 0 Å². The summed E-state index contributed by atoms with van der Waals surface area (Å²) in [6, 6.07) is 7.79. The van der Waals surface area contributed by atoms with E-state index in [2.05, 4.69) is 4.90 Å². The molecule has 0 aromatic heterocycles. The molecule has 0 N–H and O–H groups in total. The van der Waals surface area contributed by atoms with Gasteiger partial charge in [-0.2, -0.15) is 0 Å². The lowest BCUT2D eigenvalue weighted by Gasteiger charge is -2.44. The van der Waals surface area contributed by atoms with Crippen molar-refractivity contribution >= 4 is 23.6 Å². The maximum Gasteiger partial charge on any atom is 0.255 e. The number of carbonyl (C=O) groups excluding carboxylic acids is 2. The van der Waals surface area contributed by atoms with Crippen molar-refractivity contribution in [2.75, 3.05) is 25.4 Å². The molecule has 118 valence electrons. The van der Waals surface area contributed by atoms with Gasteiger partial charge in [-0.1, -0.05) is 18.2 Å². The molecule has 4 nitrogen and oxygen atoms in total. The highest BCUT2D eigenvalue weighted by molar-refractivity contribution is 8.00. The molecule has 3 rings (SSSR count). The van der Waals surface area contributed by atoms with Gasteiger partial charge in [0.2, 0.25) is 5.91 Å². The molecule has 0 unspecified atom stereocenters. The molecule has 0 radical (unpaired) electrons. The molecule has 2 aliphatic heterocycles. The van der Waals surface area contributed by atoms with E-state index in [9.17, 15) is 9.59 Å². The number of likely N-dealkylation sites (tertiary alicyclic amines) is 1. The van der Waals surface area contributed by atoms with E-state index in [0.29, 0.717) is 0 Å². The molecule has 2 fully saturated rings. The minimum absolute atomic E-state index is 0.120. The molecule has 2 heterocycles. The zero-order valence-electron chi connectivity index (χ0n) is 13.2. The molecule has 1 aromatic carbocycles. The number of thioether (sulfide) groups is 1. The summed E-state index contributed by atoms with van der Waals surface area (Å²) in [6.45, 7) is 5.91. The van der Waals surface area contributed by atoms with Gasteiger partial charge in [-0.05, 0) is 31.4 Å². The SMILES string of the molecule is CC(=O)N1CCC2(CC1)SCCN2C(=O)c1ccccc1C. The van der Waals surface area contributed by atoms with Crippen molar-refractivity contribution in [1.82, 2.24) is 9.80 Å². The second-order valence-corrected chi connectivity index (χ2v) is 7.53. The number of hydrogen-bond acceptors (Lipinski definition) is 3. The number of piperidine rings is 1. The summed E-state index contributed by atoms with van der Waals surface area (Å²) in [5, 5.41) is 0. The summed E-state index contributed by atoms with van der Waals surface area (Å²) in [5.74, 6) is 1.26. The first-order chi connectivity index (χ1) is 10.5. The van der Waals surface area contributed by atoms with Crippen LogP contribution in [0.25, 0.3) is 0 Å². The molecule has 0 saturated carbocycles. The molecule has 2 amide bonds. The van der Waals surface area contributed by atoms with Crippen LogP contribution in [0.1, 0.15) is 35.7 Å². The van der Waals surface area contributed by atoms with E-state index in [1.54, 1.807) is 6.92 Å². The molecule has 0 atom stereocenters. The first-order valence-corrected chi connectivity index (χ1v) is 8.79. The van der Waals surface area contributed by atoms with Crippen LogP contribution in [0.3, 0.4) is 0 Å². The van der Waals surface area contributed by atoms with Crippen LogP contribution in [0.2, 0.25) is 0 Å². The third-order valence-corrected chi connectivity index (χ3v) is 6.34. The average molecular weight is 318 g/mol. The average Bonchev–Trinajstić information content (AvgIpc) is 2.91. The van der Waals surface area contributed by atoms with Gasteiger partial charge in [0.1, 0.15) is 0 Å². The fraction of sp³-hybridized carbons (Fsp3) is 0.529. The Morgan fingerprint density at radius 1 is 1.14 bits per heavy atom. The zero-order valence-corrected chi connectivity index (χ0v) is 14.0. The highest BCUT2D eigenvalue weighted by Crippen LogP contribution is 2.44. The van der Waals surface area contributed by atoms with Crippen molar-refractivity contribution < 1.29 is 9.59 Å². The van der Waals surface area contributed by atoms with Crippen LogP contribution in [0.5, 0.6) is 0 Å². The van der Waals surface area contributed by atoms with Crippen molar-refractivity contribution in [1.29, 1.82) is 0 Å². The lowest BCUT2D eigenvalue weighted by atomic mass is 10.00. The van der Waals surface area contributed by atoms with E-state index < -0.39 is 0 Å². The molecular formula is C17H22N2O2S. The number of nitrogens with zero attached hydrogens (tertiary/aromatic N) is 2. The van der Waals surface area contributed by atoms with Gasteiger partial charge in [-0.3, -0.25) is 9.59 Å². The van der Waals surface area contributed by atoms with Crippen molar-refractivity contribution in [2.45, 2.75) is 31.6 Å². The van der Waals surface area contributed by atoms with E-state index in [0.717, 1.165) is 49.4 Å². The number of aryl methyl sites for hydroxylation is 1. The summed E-state index contributed by atoms with van der Waals surface area (Å²) in [6.07, 6.45) is 1.74. The van der Waals surface area contributed by atoms with Gasteiger partial charge in [0.05, 0.1) is 4.87 Å². The maximum absolute atomic E-state index is 13.0. The first-order valence-electron chi connectivity index (χ1n) is 7.81. The Morgan fingerprint density at radius 2 is 1.82 bits per heavy atom. The first kappa shape index (κ1) is 15.4. The van der Waals surface area contributed by atoms with Crippen LogP contribution < -0.4 is 0 Å². The lowest BCUT2D eigenvalue weighted by Crippen LogP contribution is -2.53. The van der Waals surface area contributed by atoms with E-state index in [-0.39, 0.29) is 16.7 Å². The Balaban J connectivity index is 1.81. The third kappa shape index (κ3) is 2.62. The largest absolute Gasteiger partial charge is 0.343 e. The summed E-state index contributed by atoms with van der Waals surface area (Å²) in [5.41, 5.74) is 1.83. The molecule has 5 heteroatoms. The maximum atomic E-state index is 13.0. The fourth-order valence-electron chi connectivity index (χ4n) is 3.44. The number of benzene rings is 1. The molecule has 22 heavy (non-hydrogen) atoms. The van der Waals surface area contributed by atoms with E-state index in [4.69, 9.17) is 0 Å². The van der Waals surface area contributed by atoms with Crippen molar-refractivity contribution in [2.24, 2.45) is 0 Å². The summed E-state index contributed by atoms with van der Waals surface area (Å²) < 4.78 is 0. The Bertz CT molecular complexity index is 594. The Labute approximate surface area is 135 Å². The molecule has 0 bridgehead atoms. The van der Waals surface area contributed by atoms with Crippen LogP contribution in [0.4, 0.5) is 0 Å². The van der Waals surface area contributed by atoms with Gasteiger partial charge >= 0.3 is 0 Å². The van der Waals surface area contributed by atoms with E-state index in [1.165, 1.54) is 0 Å². The Morgan fingerprint density at radius 3 is 2.45 bits per heavy atom. The predicted molar refractivity (Wildman–Crippen MR) is 88.9 cm³/mol. The minimum Gasteiger partial charge on any atom is -0.343 e. The quantitative estimate of drug-likeness (QED) is 0.799. The van der Waals surface area contributed by atoms with Gasteiger partial charge in [0.25, 0.3) is 5.91 Å². The van der Waals surface area contributed by atoms with Crippen molar-refractivity contribution in [3.63, 3.8) is 0 Å².